The van der Waals surface area contributed by atoms with Crippen LogP contribution >= 0.6 is 0 Å². The Morgan fingerprint density at radius 3 is 2.35 bits per heavy atom. The van der Waals surface area contributed by atoms with E-state index >= 15 is 0 Å². The van der Waals surface area contributed by atoms with Gasteiger partial charge in [-0.25, -0.2) is 0 Å². The lowest BCUT2D eigenvalue weighted by atomic mass is 9.98. The normalized spacial score (nSPS) is 12.9. The number of carbonyl (C=O) groups is 1. The first-order valence-corrected chi connectivity index (χ1v) is 9.31. The lowest BCUT2D eigenvalue weighted by Crippen LogP contribution is -2.20. The molecule has 2 aromatic rings. The van der Waals surface area contributed by atoms with Gasteiger partial charge in [0.05, 0.1) is 6.10 Å². The smallest absolute Gasteiger partial charge is 0.262 e. The molecule has 2 atom stereocenters. The molecule has 0 aliphatic carbocycles. The SMILES string of the molecule is CCC(C)Oc1ccc(NC(=O)COc2ccccc2C(C)CC)cc1. The Balaban J connectivity index is 1.89. The second-order valence-electron chi connectivity index (χ2n) is 6.55. The third-order valence-corrected chi connectivity index (χ3v) is 4.47. The van der Waals surface area contributed by atoms with E-state index < -0.39 is 0 Å². The molecular weight excluding hydrogens is 326 g/mol. The van der Waals surface area contributed by atoms with Crippen LogP contribution in [0.4, 0.5) is 5.69 Å². The molecule has 1 N–H and O–H groups in total. The van der Waals surface area contributed by atoms with Gasteiger partial charge in [-0.15, -0.1) is 0 Å². The fraction of sp³-hybridized carbons (Fsp3) is 0.409. The quantitative estimate of drug-likeness (QED) is 0.655. The number of benzene rings is 2. The van der Waals surface area contributed by atoms with E-state index in [1.807, 2.05) is 49.4 Å². The minimum atomic E-state index is -0.181. The molecule has 0 saturated heterocycles. The zero-order valence-corrected chi connectivity index (χ0v) is 16.1. The predicted octanol–water partition coefficient (Wildman–Crippen LogP) is 5.39. The fourth-order valence-electron chi connectivity index (χ4n) is 2.51. The summed E-state index contributed by atoms with van der Waals surface area (Å²) in [6.45, 7) is 8.40. The van der Waals surface area contributed by atoms with Gasteiger partial charge in [-0.2, -0.15) is 0 Å². The first-order valence-electron chi connectivity index (χ1n) is 9.31. The number of ether oxygens (including phenoxy) is 2. The van der Waals surface area contributed by atoms with Gasteiger partial charge in [-0.1, -0.05) is 39.0 Å². The highest BCUT2D eigenvalue weighted by molar-refractivity contribution is 5.91. The van der Waals surface area contributed by atoms with Crippen molar-refractivity contribution in [2.45, 2.75) is 52.6 Å². The molecule has 2 aromatic carbocycles. The number of nitrogens with one attached hydrogen (secondary N) is 1. The second-order valence-corrected chi connectivity index (χ2v) is 6.55. The molecule has 0 fully saturated rings. The van der Waals surface area contributed by atoms with E-state index in [4.69, 9.17) is 9.47 Å². The summed E-state index contributed by atoms with van der Waals surface area (Å²) in [4.78, 5) is 12.2. The summed E-state index contributed by atoms with van der Waals surface area (Å²) in [7, 11) is 0. The summed E-state index contributed by atoms with van der Waals surface area (Å²) in [5, 5.41) is 2.85. The Hall–Kier alpha value is -2.49. The average molecular weight is 355 g/mol. The van der Waals surface area contributed by atoms with Crippen LogP contribution in [0.5, 0.6) is 11.5 Å². The van der Waals surface area contributed by atoms with Gasteiger partial charge in [0, 0.05) is 5.69 Å². The summed E-state index contributed by atoms with van der Waals surface area (Å²) in [5.74, 6) is 1.79. The van der Waals surface area contributed by atoms with E-state index in [1.54, 1.807) is 0 Å². The monoisotopic (exact) mass is 355 g/mol. The number of carbonyl (C=O) groups excluding carboxylic acids is 1. The third kappa shape index (κ3) is 5.80. The second kappa shape index (κ2) is 9.85. The molecule has 26 heavy (non-hydrogen) atoms. The van der Waals surface area contributed by atoms with Crippen molar-refractivity contribution in [3.8, 4) is 11.5 Å². The maximum atomic E-state index is 12.2. The molecule has 2 rings (SSSR count). The molecule has 2 unspecified atom stereocenters. The Bertz CT molecular complexity index is 697. The number of amides is 1. The Kier molecular flexibility index (Phi) is 7.52. The average Bonchev–Trinajstić information content (AvgIpc) is 2.67. The Labute approximate surface area is 156 Å². The van der Waals surface area contributed by atoms with Gasteiger partial charge < -0.3 is 14.8 Å². The lowest BCUT2D eigenvalue weighted by Gasteiger charge is -2.15. The van der Waals surface area contributed by atoms with Crippen molar-refractivity contribution in [2.75, 3.05) is 11.9 Å². The van der Waals surface area contributed by atoms with Gasteiger partial charge in [0.25, 0.3) is 5.91 Å². The van der Waals surface area contributed by atoms with Gasteiger partial charge in [0.2, 0.25) is 0 Å². The summed E-state index contributed by atoms with van der Waals surface area (Å²) in [6.07, 6.45) is 2.15. The molecule has 0 heterocycles. The zero-order chi connectivity index (χ0) is 18.9. The Morgan fingerprint density at radius 2 is 1.69 bits per heavy atom. The Morgan fingerprint density at radius 1 is 1.00 bits per heavy atom. The summed E-state index contributed by atoms with van der Waals surface area (Å²) in [6, 6.07) is 15.3. The molecule has 1 amide bonds. The summed E-state index contributed by atoms with van der Waals surface area (Å²) in [5.41, 5.74) is 1.86. The van der Waals surface area contributed by atoms with Crippen molar-refractivity contribution in [1.82, 2.24) is 0 Å². The molecule has 0 radical (unpaired) electrons. The zero-order valence-electron chi connectivity index (χ0n) is 16.1. The van der Waals surface area contributed by atoms with Crippen molar-refractivity contribution in [1.29, 1.82) is 0 Å². The topological polar surface area (TPSA) is 47.6 Å². The molecule has 4 heteroatoms. The first kappa shape index (κ1) is 19.8. The summed E-state index contributed by atoms with van der Waals surface area (Å²) >= 11 is 0. The highest BCUT2D eigenvalue weighted by Gasteiger charge is 2.11. The molecule has 0 spiro atoms. The van der Waals surface area contributed by atoms with Crippen molar-refractivity contribution in [3.05, 3.63) is 54.1 Å². The van der Waals surface area contributed by atoms with E-state index in [9.17, 15) is 4.79 Å². The highest BCUT2D eigenvalue weighted by atomic mass is 16.5. The van der Waals surface area contributed by atoms with Gasteiger partial charge >= 0.3 is 0 Å². The number of hydrogen-bond donors (Lipinski definition) is 1. The largest absolute Gasteiger partial charge is 0.491 e. The molecule has 0 aliphatic rings. The van der Waals surface area contributed by atoms with Gasteiger partial charge in [-0.3, -0.25) is 4.79 Å². The molecule has 0 aromatic heterocycles. The number of anilines is 1. The van der Waals surface area contributed by atoms with E-state index in [1.165, 1.54) is 0 Å². The third-order valence-electron chi connectivity index (χ3n) is 4.47. The lowest BCUT2D eigenvalue weighted by molar-refractivity contribution is -0.118. The van der Waals surface area contributed by atoms with E-state index in [0.717, 1.165) is 35.6 Å². The van der Waals surface area contributed by atoms with Crippen LogP contribution in [0.3, 0.4) is 0 Å². The maximum Gasteiger partial charge on any atom is 0.262 e. The van der Waals surface area contributed by atoms with Crippen LogP contribution in [0, 0.1) is 0 Å². The number of hydrogen-bond acceptors (Lipinski definition) is 3. The van der Waals surface area contributed by atoms with Crippen LogP contribution in [-0.4, -0.2) is 18.6 Å². The number of para-hydroxylation sites is 1. The van der Waals surface area contributed by atoms with Crippen LogP contribution in [0.2, 0.25) is 0 Å². The van der Waals surface area contributed by atoms with Gasteiger partial charge in [0.15, 0.2) is 6.61 Å². The first-order chi connectivity index (χ1) is 12.5. The van der Waals surface area contributed by atoms with Crippen LogP contribution in [0.1, 0.15) is 52.0 Å². The minimum Gasteiger partial charge on any atom is -0.491 e. The van der Waals surface area contributed by atoms with Crippen LogP contribution in [-0.2, 0) is 4.79 Å². The van der Waals surface area contributed by atoms with E-state index in [-0.39, 0.29) is 18.6 Å². The van der Waals surface area contributed by atoms with E-state index in [2.05, 4.69) is 32.2 Å². The molecule has 0 saturated carbocycles. The predicted molar refractivity (Wildman–Crippen MR) is 106 cm³/mol. The minimum absolute atomic E-state index is 0.0153. The fourth-order valence-corrected chi connectivity index (χ4v) is 2.51. The van der Waals surface area contributed by atoms with Crippen LogP contribution < -0.4 is 14.8 Å². The van der Waals surface area contributed by atoms with Crippen molar-refractivity contribution in [3.63, 3.8) is 0 Å². The van der Waals surface area contributed by atoms with Gasteiger partial charge in [-0.05, 0) is 61.6 Å². The molecule has 0 bridgehead atoms. The van der Waals surface area contributed by atoms with Crippen LogP contribution in [0.25, 0.3) is 0 Å². The highest BCUT2D eigenvalue weighted by Crippen LogP contribution is 2.28. The standard InChI is InChI=1S/C22H29NO3/c1-5-16(3)20-9-7-8-10-21(20)25-15-22(24)23-18-11-13-19(14-12-18)26-17(4)6-2/h7-14,16-17H,5-6,15H2,1-4H3,(H,23,24). The molecule has 0 aliphatic heterocycles. The number of rotatable bonds is 9. The summed E-state index contributed by atoms with van der Waals surface area (Å²) < 4.78 is 11.5. The van der Waals surface area contributed by atoms with Crippen LogP contribution in [0.15, 0.2) is 48.5 Å². The van der Waals surface area contributed by atoms with Crippen molar-refractivity contribution < 1.29 is 14.3 Å². The van der Waals surface area contributed by atoms with Crippen molar-refractivity contribution >= 4 is 11.6 Å². The van der Waals surface area contributed by atoms with Crippen molar-refractivity contribution in [2.24, 2.45) is 0 Å². The maximum absolute atomic E-state index is 12.2. The molecular formula is C22H29NO3. The molecule has 140 valence electrons. The molecule has 4 nitrogen and oxygen atoms in total. The van der Waals surface area contributed by atoms with Gasteiger partial charge in [0.1, 0.15) is 11.5 Å². The van der Waals surface area contributed by atoms with E-state index in [0.29, 0.717) is 5.92 Å².